The molecule has 19 heavy (non-hydrogen) atoms. The summed E-state index contributed by atoms with van der Waals surface area (Å²) in [6, 6.07) is 8.57. The van der Waals surface area contributed by atoms with E-state index in [2.05, 4.69) is 24.4 Å². The first-order valence-corrected chi connectivity index (χ1v) is 7.39. The van der Waals surface area contributed by atoms with Gasteiger partial charge in [0.15, 0.2) is 0 Å². The smallest absolute Gasteiger partial charge is 0.119 e. The molecule has 1 atom stereocenters. The fourth-order valence-corrected chi connectivity index (χ4v) is 2.45. The molecule has 3 heteroatoms. The second-order valence-electron chi connectivity index (χ2n) is 5.25. The van der Waals surface area contributed by atoms with Crippen molar-refractivity contribution in [1.29, 1.82) is 0 Å². The third kappa shape index (κ3) is 4.75. The number of anilines is 1. The first-order valence-electron chi connectivity index (χ1n) is 7.39. The molecule has 106 valence electrons. The van der Waals surface area contributed by atoms with Crippen molar-refractivity contribution < 1.29 is 9.47 Å². The Morgan fingerprint density at radius 3 is 2.53 bits per heavy atom. The average Bonchev–Trinajstić information content (AvgIpc) is 2.91. The van der Waals surface area contributed by atoms with E-state index >= 15 is 0 Å². The Hall–Kier alpha value is -1.22. The molecular formula is C16H25NO2. The van der Waals surface area contributed by atoms with Gasteiger partial charge in [-0.3, -0.25) is 0 Å². The molecule has 1 saturated carbocycles. The van der Waals surface area contributed by atoms with Crippen molar-refractivity contribution in [2.75, 3.05) is 18.5 Å². The molecule has 2 rings (SSSR count). The van der Waals surface area contributed by atoms with Crippen LogP contribution in [0.15, 0.2) is 24.3 Å². The van der Waals surface area contributed by atoms with E-state index in [0.717, 1.165) is 24.7 Å². The minimum absolute atomic E-state index is 0.321. The predicted molar refractivity (Wildman–Crippen MR) is 78.9 cm³/mol. The Labute approximate surface area is 116 Å². The van der Waals surface area contributed by atoms with Crippen molar-refractivity contribution >= 4 is 5.69 Å². The summed E-state index contributed by atoms with van der Waals surface area (Å²) in [6.45, 7) is 5.64. The van der Waals surface area contributed by atoms with Crippen molar-refractivity contribution in [3.05, 3.63) is 24.3 Å². The predicted octanol–water partition coefficient (Wildman–Crippen LogP) is 3.84. The second kappa shape index (κ2) is 7.39. The van der Waals surface area contributed by atoms with E-state index in [-0.39, 0.29) is 0 Å². The van der Waals surface area contributed by atoms with E-state index in [1.165, 1.54) is 25.7 Å². The molecule has 0 aliphatic heterocycles. The van der Waals surface area contributed by atoms with Gasteiger partial charge in [-0.1, -0.05) is 0 Å². The van der Waals surface area contributed by atoms with Gasteiger partial charge in [0.1, 0.15) is 5.75 Å². The van der Waals surface area contributed by atoms with Crippen LogP contribution in [0.5, 0.6) is 5.75 Å². The molecule has 0 amide bonds. The molecule has 1 aromatic rings. The van der Waals surface area contributed by atoms with E-state index in [1.54, 1.807) is 0 Å². The second-order valence-corrected chi connectivity index (χ2v) is 5.25. The maximum absolute atomic E-state index is 5.95. The lowest BCUT2D eigenvalue weighted by Crippen LogP contribution is -2.21. The highest BCUT2D eigenvalue weighted by Crippen LogP contribution is 2.25. The largest absolute Gasteiger partial charge is 0.490 e. The molecule has 1 N–H and O–H groups in total. The minimum Gasteiger partial charge on any atom is -0.490 e. The van der Waals surface area contributed by atoms with Crippen molar-refractivity contribution in [1.82, 2.24) is 0 Å². The molecule has 0 saturated heterocycles. The minimum atomic E-state index is 0.321. The highest BCUT2D eigenvalue weighted by molar-refractivity contribution is 5.47. The van der Waals surface area contributed by atoms with Crippen molar-refractivity contribution in [3.8, 4) is 5.75 Å². The molecule has 0 spiro atoms. The van der Waals surface area contributed by atoms with E-state index in [9.17, 15) is 0 Å². The molecule has 0 heterocycles. The van der Waals surface area contributed by atoms with Gasteiger partial charge in [0.25, 0.3) is 0 Å². The monoisotopic (exact) mass is 263 g/mol. The zero-order chi connectivity index (χ0) is 13.5. The summed E-state index contributed by atoms with van der Waals surface area (Å²) < 4.78 is 11.3. The first-order chi connectivity index (χ1) is 9.28. The number of ether oxygens (including phenoxy) is 2. The first kappa shape index (κ1) is 14.2. The van der Waals surface area contributed by atoms with Gasteiger partial charge in [-0.25, -0.2) is 0 Å². The van der Waals surface area contributed by atoms with Crippen LogP contribution in [0.2, 0.25) is 0 Å². The highest BCUT2D eigenvalue weighted by atomic mass is 16.5. The number of hydrogen-bond donors (Lipinski definition) is 1. The normalized spacial score (nSPS) is 17.4. The van der Waals surface area contributed by atoms with Crippen LogP contribution in [0.1, 0.15) is 39.5 Å². The summed E-state index contributed by atoms with van der Waals surface area (Å²) in [6.07, 6.45) is 5.44. The van der Waals surface area contributed by atoms with Gasteiger partial charge in [0.05, 0.1) is 12.7 Å². The lowest BCUT2D eigenvalue weighted by atomic mass is 10.2. The number of rotatable bonds is 7. The van der Waals surface area contributed by atoms with Gasteiger partial charge in [0, 0.05) is 18.3 Å². The maximum Gasteiger partial charge on any atom is 0.119 e. The lowest BCUT2D eigenvalue weighted by Gasteiger charge is -2.16. The number of benzene rings is 1. The Morgan fingerprint density at radius 1 is 1.21 bits per heavy atom. The average molecular weight is 263 g/mol. The molecule has 1 unspecified atom stereocenters. The Bertz CT molecular complexity index is 358. The van der Waals surface area contributed by atoms with Crippen LogP contribution in [0.4, 0.5) is 5.69 Å². The van der Waals surface area contributed by atoms with Crippen LogP contribution in [-0.4, -0.2) is 25.4 Å². The van der Waals surface area contributed by atoms with E-state index in [0.29, 0.717) is 12.1 Å². The van der Waals surface area contributed by atoms with Crippen molar-refractivity contribution in [2.45, 2.75) is 51.7 Å². The van der Waals surface area contributed by atoms with Gasteiger partial charge in [-0.15, -0.1) is 0 Å². The summed E-state index contributed by atoms with van der Waals surface area (Å²) in [7, 11) is 0. The number of hydrogen-bond acceptors (Lipinski definition) is 3. The van der Waals surface area contributed by atoms with Gasteiger partial charge in [-0.05, 0) is 63.8 Å². The van der Waals surface area contributed by atoms with Crippen molar-refractivity contribution in [2.24, 2.45) is 0 Å². The maximum atomic E-state index is 5.95. The number of nitrogens with one attached hydrogen (secondary N) is 1. The Kier molecular flexibility index (Phi) is 5.52. The van der Waals surface area contributed by atoms with Crippen LogP contribution < -0.4 is 10.1 Å². The lowest BCUT2D eigenvalue weighted by molar-refractivity contribution is 0.141. The van der Waals surface area contributed by atoms with E-state index < -0.39 is 0 Å². The molecule has 1 aliphatic rings. The fourth-order valence-electron chi connectivity index (χ4n) is 2.45. The third-order valence-electron chi connectivity index (χ3n) is 3.44. The van der Waals surface area contributed by atoms with Crippen LogP contribution in [0.3, 0.4) is 0 Å². The topological polar surface area (TPSA) is 30.5 Å². The van der Waals surface area contributed by atoms with Gasteiger partial charge >= 0.3 is 0 Å². The van der Waals surface area contributed by atoms with Crippen LogP contribution >= 0.6 is 0 Å². The fraction of sp³-hybridized carbons (Fsp3) is 0.625. The van der Waals surface area contributed by atoms with E-state index in [4.69, 9.17) is 9.47 Å². The van der Waals surface area contributed by atoms with E-state index in [1.807, 2.05) is 19.1 Å². The Balaban J connectivity index is 1.80. The van der Waals surface area contributed by atoms with Gasteiger partial charge < -0.3 is 14.8 Å². The quantitative estimate of drug-likeness (QED) is 0.810. The Morgan fingerprint density at radius 2 is 1.89 bits per heavy atom. The molecular weight excluding hydrogens is 238 g/mol. The summed E-state index contributed by atoms with van der Waals surface area (Å²) in [5.41, 5.74) is 1.12. The highest BCUT2D eigenvalue weighted by Gasteiger charge is 2.16. The molecule has 0 aromatic heterocycles. The standard InChI is InChI=1S/C16H25NO2/c1-3-18-12-13(2)17-14-8-10-16(11-9-14)19-15-6-4-5-7-15/h8-11,13,15,17H,3-7,12H2,1-2H3. The van der Waals surface area contributed by atoms with Gasteiger partial charge in [0.2, 0.25) is 0 Å². The van der Waals surface area contributed by atoms with Crippen LogP contribution in [0, 0.1) is 0 Å². The summed E-state index contributed by atoms with van der Waals surface area (Å²) >= 11 is 0. The SMILES string of the molecule is CCOCC(C)Nc1ccc(OC2CCCC2)cc1. The van der Waals surface area contributed by atoms with Crippen molar-refractivity contribution in [3.63, 3.8) is 0 Å². The third-order valence-corrected chi connectivity index (χ3v) is 3.44. The molecule has 0 bridgehead atoms. The zero-order valence-corrected chi connectivity index (χ0v) is 12.0. The van der Waals surface area contributed by atoms with Gasteiger partial charge in [-0.2, -0.15) is 0 Å². The molecule has 0 radical (unpaired) electrons. The molecule has 1 aliphatic carbocycles. The summed E-state index contributed by atoms with van der Waals surface area (Å²) in [5, 5.41) is 3.42. The molecule has 1 fully saturated rings. The van der Waals surface area contributed by atoms with Crippen LogP contribution in [0.25, 0.3) is 0 Å². The molecule has 3 nitrogen and oxygen atoms in total. The summed E-state index contributed by atoms with van der Waals surface area (Å²) in [4.78, 5) is 0. The zero-order valence-electron chi connectivity index (χ0n) is 12.0. The summed E-state index contributed by atoms with van der Waals surface area (Å²) in [5.74, 6) is 0.981. The molecule has 1 aromatic carbocycles. The van der Waals surface area contributed by atoms with Crippen LogP contribution in [-0.2, 0) is 4.74 Å².